The van der Waals surface area contributed by atoms with Gasteiger partial charge in [-0.25, -0.2) is 0 Å². The van der Waals surface area contributed by atoms with Crippen LogP contribution in [0.5, 0.6) is 0 Å². The van der Waals surface area contributed by atoms with Crippen LogP contribution in [0.25, 0.3) is 0 Å². The first-order chi connectivity index (χ1) is 5.26. The zero-order valence-corrected chi connectivity index (χ0v) is 7.58. The Kier molecular flexibility index (Phi) is 6.51. The van der Waals surface area contributed by atoms with Crippen LogP contribution >= 0.6 is 0 Å². The maximum atomic E-state index is 8.71. The summed E-state index contributed by atoms with van der Waals surface area (Å²) in [4.78, 5) is 2.23. The molecule has 0 aliphatic rings. The van der Waals surface area contributed by atoms with E-state index < -0.39 is 0 Å². The number of nitrogens with two attached hydrogens (primary N) is 1. The number of hydrogen-bond acceptors (Lipinski definition) is 3. The van der Waals surface area contributed by atoms with Crippen molar-refractivity contribution in [3.63, 3.8) is 0 Å². The van der Waals surface area contributed by atoms with E-state index >= 15 is 0 Å². The smallest absolute Gasteiger partial charge is 0.0558 e. The molecule has 3 N–H and O–H groups in total. The van der Waals surface area contributed by atoms with E-state index in [1.54, 1.807) is 0 Å². The van der Waals surface area contributed by atoms with Crippen molar-refractivity contribution < 1.29 is 5.11 Å². The highest BCUT2D eigenvalue weighted by atomic mass is 16.3. The molecule has 3 nitrogen and oxygen atoms in total. The third-order valence-electron chi connectivity index (χ3n) is 2.00. The average Bonchev–Trinajstić information content (AvgIpc) is 2.00. The monoisotopic (exact) mass is 160 g/mol. The molecule has 3 heteroatoms. The molecule has 0 spiro atoms. The first-order valence-electron chi connectivity index (χ1n) is 4.31. The maximum absolute atomic E-state index is 8.71. The number of likely N-dealkylation sites (N-methyl/N-ethyl adjacent to an activating group) is 1. The van der Waals surface area contributed by atoms with Gasteiger partial charge in [0.05, 0.1) is 6.61 Å². The van der Waals surface area contributed by atoms with Gasteiger partial charge < -0.3 is 10.8 Å². The van der Waals surface area contributed by atoms with Crippen LogP contribution in [-0.4, -0.2) is 42.3 Å². The van der Waals surface area contributed by atoms with Crippen LogP contribution in [0.3, 0.4) is 0 Å². The largest absolute Gasteiger partial charge is 0.395 e. The van der Waals surface area contributed by atoms with E-state index in [9.17, 15) is 0 Å². The quantitative estimate of drug-likeness (QED) is 0.576. The van der Waals surface area contributed by atoms with Gasteiger partial charge in [0.2, 0.25) is 0 Å². The van der Waals surface area contributed by atoms with Crippen molar-refractivity contribution in [3.8, 4) is 0 Å². The molecule has 0 aromatic rings. The molecule has 0 aromatic carbocycles. The van der Waals surface area contributed by atoms with Crippen LogP contribution in [0, 0.1) is 0 Å². The molecule has 0 saturated heterocycles. The lowest BCUT2D eigenvalue weighted by molar-refractivity contribution is 0.160. The summed E-state index contributed by atoms with van der Waals surface area (Å²) in [7, 11) is 0. The molecule has 0 amide bonds. The van der Waals surface area contributed by atoms with Crippen LogP contribution in [0.1, 0.15) is 20.3 Å². The minimum absolute atomic E-state index is 0.239. The Hall–Kier alpha value is -0.120. The molecular formula is C8H20N2O. The molecule has 0 aliphatic carbocycles. The van der Waals surface area contributed by atoms with Gasteiger partial charge in [0.15, 0.2) is 0 Å². The number of rotatable bonds is 6. The summed E-state index contributed by atoms with van der Waals surface area (Å²) >= 11 is 0. The zero-order chi connectivity index (χ0) is 8.69. The Labute approximate surface area is 69.2 Å². The Bertz CT molecular complexity index is 88.2. The summed E-state index contributed by atoms with van der Waals surface area (Å²) < 4.78 is 0. The van der Waals surface area contributed by atoms with Crippen molar-refractivity contribution in [1.82, 2.24) is 4.90 Å². The number of hydrogen-bond donors (Lipinski definition) is 2. The fraction of sp³-hybridized carbons (Fsp3) is 1.00. The van der Waals surface area contributed by atoms with Crippen molar-refractivity contribution in [3.05, 3.63) is 0 Å². The van der Waals surface area contributed by atoms with E-state index in [-0.39, 0.29) is 6.61 Å². The molecule has 0 saturated carbocycles. The van der Waals surface area contributed by atoms with Crippen molar-refractivity contribution in [2.45, 2.75) is 26.3 Å². The van der Waals surface area contributed by atoms with Crippen LogP contribution < -0.4 is 5.73 Å². The third kappa shape index (κ3) is 4.35. The topological polar surface area (TPSA) is 49.5 Å². The Morgan fingerprint density at radius 1 is 1.55 bits per heavy atom. The predicted octanol–water partition coefficient (Wildman–Crippen LogP) is 0.0379. The molecule has 1 unspecified atom stereocenters. The Morgan fingerprint density at radius 3 is 2.55 bits per heavy atom. The molecule has 0 aromatic heterocycles. The van der Waals surface area contributed by atoms with E-state index in [1.165, 1.54) is 0 Å². The van der Waals surface area contributed by atoms with Gasteiger partial charge in [0, 0.05) is 12.6 Å². The highest BCUT2D eigenvalue weighted by Crippen LogP contribution is 2.00. The first kappa shape index (κ1) is 10.9. The standard InChI is InChI=1S/C8H20N2O/c1-3-10(6-7-11)8(2)4-5-9/h8,11H,3-7,9H2,1-2H3. The van der Waals surface area contributed by atoms with Gasteiger partial charge in [0.1, 0.15) is 0 Å². The molecule has 0 bridgehead atoms. The lowest BCUT2D eigenvalue weighted by atomic mass is 10.2. The highest BCUT2D eigenvalue weighted by molar-refractivity contribution is 4.65. The van der Waals surface area contributed by atoms with Crippen molar-refractivity contribution >= 4 is 0 Å². The normalized spacial score (nSPS) is 13.9. The summed E-state index contributed by atoms with van der Waals surface area (Å²) in [5.41, 5.74) is 5.43. The van der Waals surface area contributed by atoms with Crippen LogP contribution in [0.2, 0.25) is 0 Å². The second-order valence-electron chi connectivity index (χ2n) is 2.78. The fourth-order valence-electron chi connectivity index (χ4n) is 1.24. The molecule has 68 valence electrons. The van der Waals surface area contributed by atoms with Gasteiger partial charge in [0.25, 0.3) is 0 Å². The first-order valence-corrected chi connectivity index (χ1v) is 4.31. The number of nitrogens with zero attached hydrogens (tertiary/aromatic N) is 1. The van der Waals surface area contributed by atoms with Gasteiger partial charge in [-0.05, 0) is 26.4 Å². The van der Waals surface area contributed by atoms with Gasteiger partial charge in [-0.15, -0.1) is 0 Å². The maximum Gasteiger partial charge on any atom is 0.0558 e. The van der Waals surface area contributed by atoms with Crippen LogP contribution in [0.15, 0.2) is 0 Å². The lowest BCUT2D eigenvalue weighted by Gasteiger charge is -2.26. The van der Waals surface area contributed by atoms with Gasteiger partial charge >= 0.3 is 0 Å². The Balaban J connectivity index is 3.61. The minimum Gasteiger partial charge on any atom is -0.395 e. The second kappa shape index (κ2) is 6.58. The Morgan fingerprint density at radius 2 is 2.18 bits per heavy atom. The molecule has 0 heterocycles. The van der Waals surface area contributed by atoms with E-state index in [0.717, 1.165) is 26.1 Å². The lowest BCUT2D eigenvalue weighted by Crippen LogP contribution is -2.36. The fourth-order valence-corrected chi connectivity index (χ4v) is 1.24. The molecule has 1 atom stereocenters. The molecular weight excluding hydrogens is 140 g/mol. The number of aliphatic hydroxyl groups is 1. The van der Waals surface area contributed by atoms with Gasteiger partial charge in [-0.3, -0.25) is 4.90 Å². The van der Waals surface area contributed by atoms with Crippen molar-refractivity contribution in [2.24, 2.45) is 5.73 Å². The molecule has 11 heavy (non-hydrogen) atoms. The van der Waals surface area contributed by atoms with Crippen LogP contribution in [-0.2, 0) is 0 Å². The molecule has 0 rings (SSSR count). The van der Waals surface area contributed by atoms with Crippen molar-refractivity contribution in [1.29, 1.82) is 0 Å². The molecule has 0 aliphatic heterocycles. The van der Waals surface area contributed by atoms with E-state index in [4.69, 9.17) is 10.8 Å². The minimum atomic E-state index is 0.239. The summed E-state index contributed by atoms with van der Waals surface area (Å²) in [6, 6.07) is 0.497. The summed E-state index contributed by atoms with van der Waals surface area (Å²) in [6.07, 6.45) is 1.01. The van der Waals surface area contributed by atoms with Gasteiger partial charge in [-0.1, -0.05) is 6.92 Å². The average molecular weight is 160 g/mol. The highest BCUT2D eigenvalue weighted by Gasteiger charge is 2.09. The SMILES string of the molecule is CCN(CCO)C(C)CCN. The van der Waals surface area contributed by atoms with E-state index in [2.05, 4.69) is 18.7 Å². The summed E-state index contributed by atoms with van der Waals surface area (Å²) in [6.45, 7) is 6.96. The van der Waals surface area contributed by atoms with Crippen LogP contribution in [0.4, 0.5) is 0 Å². The number of aliphatic hydroxyl groups excluding tert-OH is 1. The second-order valence-corrected chi connectivity index (χ2v) is 2.78. The summed E-state index contributed by atoms with van der Waals surface area (Å²) in [5, 5.41) is 8.71. The summed E-state index contributed by atoms with van der Waals surface area (Å²) in [5.74, 6) is 0. The molecule has 0 fully saturated rings. The van der Waals surface area contributed by atoms with E-state index in [1.807, 2.05) is 0 Å². The third-order valence-corrected chi connectivity index (χ3v) is 2.00. The zero-order valence-electron chi connectivity index (χ0n) is 7.58. The van der Waals surface area contributed by atoms with Gasteiger partial charge in [-0.2, -0.15) is 0 Å². The molecule has 0 radical (unpaired) electrons. The van der Waals surface area contributed by atoms with Crippen molar-refractivity contribution in [2.75, 3.05) is 26.2 Å². The van der Waals surface area contributed by atoms with E-state index in [0.29, 0.717) is 6.04 Å². The predicted molar refractivity (Wildman–Crippen MR) is 47.5 cm³/mol.